The minimum Gasteiger partial charge on any atom is -0.490 e. The second-order valence-electron chi connectivity index (χ2n) is 4.19. The summed E-state index contributed by atoms with van der Waals surface area (Å²) in [6.45, 7) is 1.85. The molecule has 1 aliphatic heterocycles. The van der Waals surface area contributed by atoms with Gasteiger partial charge in [-0.3, -0.25) is 0 Å². The van der Waals surface area contributed by atoms with Gasteiger partial charge in [0.1, 0.15) is 5.82 Å². The second kappa shape index (κ2) is 5.87. The van der Waals surface area contributed by atoms with E-state index < -0.39 is 0 Å². The molecule has 1 aliphatic rings. The molecule has 17 heavy (non-hydrogen) atoms. The van der Waals surface area contributed by atoms with Gasteiger partial charge in [-0.1, -0.05) is 0 Å². The third kappa shape index (κ3) is 3.09. The Morgan fingerprint density at radius 3 is 2.53 bits per heavy atom. The lowest BCUT2D eigenvalue weighted by atomic mass is 10.1. The fourth-order valence-corrected chi connectivity index (χ4v) is 1.88. The normalized spacial score (nSPS) is 14.5. The van der Waals surface area contributed by atoms with Gasteiger partial charge in [0.2, 0.25) is 0 Å². The predicted octanol–water partition coefficient (Wildman–Crippen LogP) is 2.27. The minimum atomic E-state index is -0.216. The molecular weight excluding hydrogens is 221 g/mol. The van der Waals surface area contributed by atoms with Gasteiger partial charge < -0.3 is 15.2 Å². The molecule has 2 N–H and O–H groups in total. The van der Waals surface area contributed by atoms with E-state index in [1.165, 1.54) is 6.07 Å². The van der Waals surface area contributed by atoms with Gasteiger partial charge in [-0.25, -0.2) is 4.39 Å². The molecule has 2 rings (SSSR count). The highest BCUT2D eigenvalue weighted by Crippen LogP contribution is 2.32. The first-order valence-corrected chi connectivity index (χ1v) is 6.09. The van der Waals surface area contributed by atoms with Gasteiger partial charge in [0.25, 0.3) is 0 Å². The molecule has 94 valence electrons. The quantitative estimate of drug-likeness (QED) is 0.820. The number of ether oxygens (including phenoxy) is 2. The maximum Gasteiger partial charge on any atom is 0.164 e. The van der Waals surface area contributed by atoms with E-state index in [1.807, 2.05) is 0 Å². The zero-order valence-electron chi connectivity index (χ0n) is 9.88. The number of hydrogen-bond acceptors (Lipinski definition) is 3. The maximum absolute atomic E-state index is 13.8. The van der Waals surface area contributed by atoms with Crippen LogP contribution < -0.4 is 15.2 Å². The van der Waals surface area contributed by atoms with E-state index in [1.54, 1.807) is 6.07 Å². The van der Waals surface area contributed by atoms with Crippen LogP contribution >= 0.6 is 0 Å². The number of benzene rings is 1. The highest BCUT2D eigenvalue weighted by molar-refractivity contribution is 5.44. The van der Waals surface area contributed by atoms with E-state index in [9.17, 15) is 4.39 Å². The van der Waals surface area contributed by atoms with Gasteiger partial charge in [-0.2, -0.15) is 0 Å². The number of fused-ring (bicyclic) bond motifs is 1. The third-order valence-electron chi connectivity index (χ3n) is 2.82. The number of unbranched alkanes of at least 4 members (excludes halogenated alkanes) is 1. The summed E-state index contributed by atoms with van der Waals surface area (Å²) in [5, 5.41) is 0. The lowest BCUT2D eigenvalue weighted by molar-refractivity contribution is 0.296. The third-order valence-corrected chi connectivity index (χ3v) is 2.82. The standard InChI is InChI=1S/C13H18FNO2/c14-11-9-13-12(16-6-3-7-17-13)8-10(11)4-1-2-5-15/h8-9H,1-7,15H2. The smallest absolute Gasteiger partial charge is 0.164 e. The molecule has 1 aromatic carbocycles. The summed E-state index contributed by atoms with van der Waals surface area (Å²) in [6.07, 6.45) is 3.33. The molecule has 0 amide bonds. The molecule has 4 heteroatoms. The van der Waals surface area contributed by atoms with Crippen molar-refractivity contribution in [1.29, 1.82) is 0 Å². The Morgan fingerprint density at radius 1 is 1.12 bits per heavy atom. The van der Waals surface area contributed by atoms with Crippen molar-refractivity contribution >= 4 is 0 Å². The summed E-state index contributed by atoms with van der Waals surface area (Å²) >= 11 is 0. The summed E-state index contributed by atoms with van der Waals surface area (Å²) in [6, 6.07) is 3.19. The van der Waals surface area contributed by atoms with E-state index in [2.05, 4.69) is 0 Å². The molecule has 0 atom stereocenters. The first kappa shape index (κ1) is 12.2. The fourth-order valence-electron chi connectivity index (χ4n) is 1.88. The Balaban J connectivity index is 2.14. The van der Waals surface area contributed by atoms with Crippen LogP contribution in [0.3, 0.4) is 0 Å². The van der Waals surface area contributed by atoms with Crippen molar-refractivity contribution in [3.8, 4) is 11.5 Å². The van der Waals surface area contributed by atoms with E-state index in [0.717, 1.165) is 19.3 Å². The minimum absolute atomic E-state index is 0.216. The Bertz CT molecular complexity index is 382. The highest BCUT2D eigenvalue weighted by Gasteiger charge is 2.14. The molecule has 1 heterocycles. The Morgan fingerprint density at radius 2 is 1.82 bits per heavy atom. The fraction of sp³-hybridized carbons (Fsp3) is 0.538. The molecule has 0 aromatic heterocycles. The average molecular weight is 239 g/mol. The summed E-state index contributed by atoms with van der Waals surface area (Å²) in [4.78, 5) is 0. The summed E-state index contributed by atoms with van der Waals surface area (Å²) in [7, 11) is 0. The summed E-state index contributed by atoms with van der Waals surface area (Å²) in [5.41, 5.74) is 6.11. The molecule has 0 bridgehead atoms. The molecule has 0 aliphatic carbocycles. The zero-order chi connectivity index (χ0) is 12.1. The van der Waals surface area contributed by atoms with Crippen LogP contribution in [0.5, 0.6) is 11.5 Å². The van der Waals surface area contributed by atoms with Crippen LogP contribution in [-0.4, -0.2) is 19.8 Å². The zero-order valence-corrected chi connectivity index (χ0v) is 9.88. The second-order valence-corrected chi connectivity index (χ2v) is 4.19. The Kier molecular flexibility index (Phi) is 4.20. The largest absolute Gasteiger partial charge is 0.490 e. The van der Waals surface area contributed by atoms with Crippen molar-refractivity contribution < 1.29 is 13.9 Å². The van der Waals surface area contributed by atoms with Crippen molar-refractivity contribution in [2.45, 2.75) is 25.7 Å². The number of halogens is 1. The average Bonchev–Trinajstić information content (AvgIpc) is 2.54. The molecule has 0 fully saturated rings. The maximum atomic E-state index is 13.8. The van der Waals surface area contributed by atoms with Crippen LogP contribution in [0.2, 0.25) is 0 Å². The van der Waals surface area contributed by atoms with Gasteiger partial charge in [-0.05, 0) is 37.4 Å². The van der Waals surface area contributed by atoms with Crippen molar-refractivity contribution in [3.63, 3.8) is 0 Å². The van der Waals surface area contributed by atoms with Crippen molar-refractivity contribution in [2.24, 2.45) is 5.73 Å². The van der Waals surface area contributed by atoms with Gasteiger partial charge >= 0.3 is 0 Å². The van der Waals surface area contributed by atoms with Crippen LogP contribution in [0.15, 0.2) is 12.1 Å². The molecular formula is C13H18FNO2. The molecule has 0 saturated carbocycles. The highest BCUT2D eigenvalue weighted by atomic mass is 19.1. The molecule has 0 saturated heterocycles. The van der Waals surface area contributed by atoms with Crippen LogP contribution in [0.25, 0.3) is 0 Å². The molecule has 0 radical (unpaired) electrons. The van der Waals surface area contributed by atoms with Crippen molar-refractivity contribution in [3.05, 3.63) is 23.5 Å². The Hall–Kier alpha value is -1.29. The van der Waals surface area contributed by atoms with Crippen molar-refractivity contribution in [1.82, 2.24) is 0 Å². The van der Waals surface area contributed by atoms with E-state index in [4.69, 9.17) is 15.2 Å². The van der Waals surface area contributed by atoms with Crippen LogP contribution in [-0.2, 0) is 6.42 Å². The molecule has 1 aromatic rings. The summed E-state index contributed by atoms with van der Waals surface area (Å²) < 4.78 is 24.7. The van der Waals surface area contributed by atoms with Gasteiger partial charge in [0.05, 0.1) is 13.2 Å². The van der Waals surface area contributed by atoms with Crippen LogP contribution in [0.4, 0.5) is 4.39 Å². The predicted molar refractivity (Wildman–Crippen MR) is 64.0 cm³/mol. The van der Waals surface area contributed by atoms with Gasteiger partial charge in [-0.15, -0.1) is 0 Å². The first-order valence-electron chi connectivity index (χ1n) is 6.09. The number of nitrogens with two attached hydrogens (primary N) is 1. The Labute approximate surface area is 101 Å². The lowest BCUT2D eigenvalue weighted by Gasteiger charge is -2.10. The number of aryl methyl sites for hydroxylation is 1. The first-order chi connectivity index (χ1) is 8.31. The SMILES string of the molecule is NCCCCc1cc2c(cc1F)OCCCO2. The molecule has 3 nitrogen and oxygen atoms in total. The van der Waals surface area contributed by atoms with Gasteiger partial charge in [0.15, 0.2) is 11.5 Å². The van der Waals surface area contributed by atoms with Crippen LogP contribution in [0.1, 0.15) is 24.8 Å². The van der Waals surface area contributed by atoms with Crippen LogP contribution in [0, 0.1) is 5.82 Å². The van der Waals surface area contributed by atoms with Crippen molar-refractivity contribution in [2.75, 3.05) is 19.8 Å². The van der Waals surface area contributed by atoms with E-state index in [0.29, 0.717) is 43.2 Å². The topological polar surface area (TPSA) is 44.5 Å². The number of hydrogen-bond donors (Lipinski definition) is 1. The van der Waals surface area contributed by atoms with E-state index in [-0.39, 0.29) is 5.82 Å². The monoisotopic (exact) mass is 239 g/mol. The summed E-state index contributed by atoms with van der Waals surface area (Å²) in [5.74, 6) is 0.959. The van der Waals surface area contributed by atoms with E-state index >= 15 is 0 Å². The lowest BCUT2D eigenvalue weighted by Crippen LogP contribution is -2.01. The molecule has 0 spiro atoms. The number of rotatable bonds is 4. The molecule has 0 unspecified atom stereocenters. The van der Waals surface area contributed by atoms with Gasteiger partial charge in [0, 0.05) is 12.5 Å².